The molecule has 2 aromatic heterocycles. The molecule has 0 unspecified atom stereocenters. The van der Waals surface area contributed by atoms with Crippen molar-refractivity contribution in [2.24, 2.45) is 5.92 Å². The number of hydrogen-bond donors (Lipinski definition) is 1. The van der Waals surface area contributed by atoms with Crippen molar-refractivity contribution in [3.8, 4) is 6.01 Å². The second kappa shape index (κ2) is 6.34. The third-order valence-corrected chi connectivity index (χ3v) is 4.88. The zero-order chi connectivity index (χ0) is 17.4. The molecule has 2 bridgehead atoms. The van der Waals surface area contributed by atoms with E-state index in [0.29, 0.717) is 29.7 Å². The van der Waals surface area contributed by atoms with E-state index in [1.54, 1.807) is 13.2 Å². The van der Waals surface area contributed by atoms with Crippen LogP contribution in [0.3, 0.4) is 0 Å². The number of piperidine rings is 1. The van der Waals surface area contributed by atoms with E-state index < -0.39 is 0 Å². The van der Waals surface area contributed by atoms with Crippen molar-refractivity contribution < 1.29 is 4.74 Å². The van der Waals surface area contributed by atoms with Gasteiger partial charge in [-0.25, -0.2) is 0 Å². The largest absolute Gasteiger partial charge is 0.467 e. The molecule has 25 heavy (non-hydrogen) atoms. The SMILES string of the molecule is CCNc1nc(OC)nc(N2C[C@@H]3C[C@@H](C2)c2cccc(=O)n2C3)n1. The average Bonchev–Trinajstić information content (AvgIpc) is 2.62. The lowest BCUT2D eigenvalue weighted by atomic mass is 9.83. The van der Waals surface area contributed by atoms with Crippen LogP contribution in [-0.4, -0.2) is 46.3 Å². The van der Waals surface area contributed by atoms with Crippen LogP contribution in [0.25, 0.3) is 0 Å². The van der Waals surface area contributed by atoms with Crippen molar-refractivity contribution in [3.63, 3.8) is 0 Å². The van der Waals surface area contributed by atoms with E-state index in [2.05, 4.69) is 31.2 Å². The van der Waals surface area contributed by atoms with Crippen molar-refractivity contribution in [2.45, 2.75) is 25.8 Å². The number of pyridine rings is 1. The molecule has 4 rings (SSSR count). The molecule has 132 valence electrons. The maximum Gasteiger partial charge on any atom is 0.322 e. The van der Waals surface area contributed by atoms with Crippen molar-refractivity contribution >= 4 is 11.9 Å². The van der Waals surface area contributed by atoms with Crippen molar-refractivity contribution in [3.05, 3.63) is 34.2 Å². The van der Waals surface area contributed by atoms with Gasteiger partial charge in [-0.2, -0.15) is 15.0 Å². The van der Waals surface area contributed by atoms with Gasteiger partial charge in [0, 0.05) is 43.9 Å². The van der Waals surface area contributed by atoms with E-state index in [1.807, 2.05) is 17.6 Å². The van der Waals surface area contributed by atoms with Crippen molar-refractivity contribution in [1.82, 2.24) is 19.5 Å². The van der Waals surface area contributed by atoms with Crippen LogP contribution in [0, 0.1) is 5.92 Å². The summed E-state index contributed by atoms with van der Waals surface area (Å²) in [7, 11) is 1.56. The minimum Gasteiger partial charge on any atom is -0.467 e. The molecule has 1 fully saturated rings. The lowest BCUT2D eigenvalue weighted by Crippen LogP contribution is -2.47. The first-order chi connectivity index (χ1) is 12.2. The van der Waals surface area contributed by atoms with Crippen LogP contribution in [0.2, 0.25) is 0 Å². The Morgan fingerprint density at radius 1 is 1.24 bits per heavy atom. The Morgan fingerprint density at radius 3 is 2.92 bits per heavy atom. The van der Waals surface area contributed by atoms with Gasteiger partial charge >= 0.3 is 6.01 Å². The second-order valence-corrected chi connectivity index (χ2v) is 6.58. The van der Waals surface area contributed by atoms with Crippen LogP contribution in [0.4, 0.5) is 11.9 Å². The molecule has 8 nitrogen and oxygen atoms in total. The summed E-state index contributed by atoms with van der Waals surface area (Å²) in [6, 6.07) is 5.86. The topological polar surface area (TPSA) is 85.2 Å². The maximum absolute atomic E-state index is 12.1. The van der Waals surface area contributed by atoms with E-state index in [9.17, 15) is 4.79 Å². The number of methoxy groups -OCH3 is 1. The molecule has 4 heterocycles. The highest BCUT2D eigenvalue weighted by Gasteiger charge is 2.35. The standard InChI is InChI=1S/C17H22N6O2/c1-3-18-15-19-16(21-17(20-15)25-2)22-8-11-7-12(10-22)13-5-4-6-14(24)23(13)9-11/h4-6,11-12H,3,7-10H2,1-2H3,(H,18,19,20,21)/t11-,12-/m0/s1. The molecule has 0 saturated carbocycles. The van der Waals surface area contributed by atoms with Gasteiger partial charge in [0.25, 0.3) is 5.56 Å². The Labute approximate surface area is 145 Å². The van der Waals surface area contributed by atoms with Gasteiger partial charge in [0.05, 0.1) is 7.11 Å². The second-order valence-electron chi connectivity index (χ2n) is 6.58. The summed E-state index contributed by atoms with van der Waals surface area (Å²) in [5.41, 5.74) is 1.21. The van der Waals surface area contributed by atoms with Gasteiger partial charge in [-0.05, 0) is 25.3 Å². The number of rotatable bonds is 4. The first-order valence-electron chi connectivity index (χ1n) is 8.66. The van der Waals surface area contributed by atoms with Crippen LogP contribution in [0.15, 0.2) is 23.0 Å². The molecule has 1 N–H and O–H groups in total. The summed E-state index contributed by atoms with van der Waals surface area (Å²) in [6.45, 7) is 5.10. The molecule has 0 aliphatic carbocycles. The molecule has 1 saturated heterocycles. The monoisotopic (exact) mass is 342 g/mol. The average molecular weight is 342 g/mol. The van der Waals surface area contributed by atoms with Gasteiger partial charge in [0.15, 0.2) is 0 Å². The maximum atomic E-state index is 12.1. The number of fused-ring (bicyclic) bond motifs is 4. The summed E-state index contributed by atoms with van der Waals surface area (Å²) < 4.78 is 7.15. The Kier molecular flexibility index (Phi) is 4.03. The van der Waals surface area contributed by atoms with Crippen LogP contribution in [-0.2, 0) is 6.54 Å². The van der Waals surface area contributed by atoms with Crippen molar-refractivity contribution in [1.29, 1.82) is 0 Å². The summed E-state index contributed by atoms with van der Waals surface area (Å²) in [5.74, 6) is 1.88. The fraction of sp³-hybridized carbons (Fsp3) is 0.529. The molecule has 2 atom stereocenters. The Morgan fingerprint density at radius 2 is 2.12 bits per heavy atom. The van der Waals surface area contributed by atoms with E-state index in [-0.39, 0.29) is 5.56 Å². The van der Waals surface area contributed by atoms with Crippen LogP contribution < -0.4 is 20.5 Å². The normalized spacial score (nSPS) is 21.6. The van der Waals surface area contributed by atoms with Crippen LogP contribution in [0.5, 0.6) is 6.01 Å². The number of anilines is 2. The van der Waals surface area contributed by atoms with Crippen LogP contribution >= 0.6 is 0 Å². The first-order valence-corrected chi connectivity index (χ1v) is 8.66. The molecule has 8 heteroatoms. The fourth-order valence-corrected chi connectivity index (χ4v) is 3.88. The van der Waals surface area contributed by atoms with E-state index in [4.69, 9.17) is 4.74 Å². The zero-order valence-electron chi connectivity index (χ0n) is 14.5. The van der Waals surface area contributed by atoms with E-state index in [0.717, 1.165) is 38.3 Å². The Hall–Kier alpha value is -2.64. The number of nitrogens with zero attached hydrogens (tertiary/aromatic N) is 5. The van der Waals surface area contributed by atoms with Gasteiger partial charge < -0.3 is 19.5 Å². The predicted octanol–water partition coefficient (Wildman–Crippen LogP) is 1.10. The molecule has 0 amide bonds. The van der Waals surface area contributed by atoms with Crippen LogP contribution in [0.1, 0.15) is 25.0 Å². The summed E-state index contributed by atoms with van der Waals surface area (Å²) in [4.78, 5) is 27.5. The molecular formula is C17H22N6O2. The molecule has 2 aliphatic rings. The lowest BCUT2D eigenvalue weighted by molar-refractivity contribution is 0.279. The van der Waals surface area contributed by atoms with Gasteiger partial charge in [-0.3, -0.25) is 4.79 Å². The predicted molar refractivity (Wildman–Crippen MR) is 94.3 cm³/mol. The zero-order valence-corrected chi connectivity index (χ0v) is 14.5. The Bertz CT molecular complexity index is 836. The Balaban J connectivity index is 1.66. The number of ether oxygens (including phenoxy) is 1. The molecule has 0 aromatic carbocycles. The van der Waals surface area contributed by atoms with E-state index in [1.165, 1.54) is 0 Å². The van der Waals surface area contributed by atoms with Gasteiger partial charge in [0.2, 0.25) is 11.9 Å². The molecule has 0 radical (unpaired) electrons. The van der Waals surface area contributed by atoms with E-state index >= 15 is 0 Å². The number of hydrogen-bond acceptors (Lipinski definition) is 7. The third-order valence-electron chi connectivity index (χ3n) is 4.88. The summed E-state index contributed by atoms with van der Waals surface area (Å²) >= 11 is 0. The molecule has 2 aliphatic heterocycles. The molecular weight excluding hydrogens is 320 g/mol. The van der Waals surface area contributed by atoms with Gasteiger partial charge in [-0.15, -0.1) is 0 Å². The number of nitrogens with one attached hydrogen (secondary N) is 1. The first kappa shape index (κ1) is 15.9. The molecule has 2 aromatic rings. The highest BCUT2D eigenvalue weighted by atomic mass is 16.5. The minimum atomic E-state index is 0.0944. The summed E-state index contributed by atoms with van der Waals surface area (Å²) in [6.07, 6.45) is 1.10. The highest BCUT2D eigenvalue weighted by Crippen LogP contribution is 2.36. The number of aromatic nitrogens is 4. The smallest absolute Gasteiger partial charge is 0.322 e. The van der Waals surface area contributed by atoms with Gasteiger partial charge in [0.1, 0.15) is 0 Å². The lowest BCUT2D eigenvalue weighted by Gasteiger charge is -2.42. The van der Waals surface area contributed by atoms with Gasteiger partial charge in [-0.1, -0.05) is 6.07 Å². The third kappa shape index (κ3) is 2.92. The minimum absolute atomic E-state index is 0.0944. The highest BCUT2D eigenvalue weighted by molar-refractivity contribution is 5.40. The molecule has 0 spiro atoms. The summed E-state index contributed by atoms with van der Waals surface area (Å²) in [5, 5.41) is 3.12. The quantitative estimate of drug-likeness (QED) is 0.890. The fourth-order valence-electron chi connectivity index (χ4n) is 3.88. The van der Waals surface area contributed by atoms with Crippen molar-refractivity contribution in [2.75, 3.05) is 37.0 Å².